The van der Waals surface area contributed by atoms with Crippen molar-refractivity contribution in [1.82, 2.24) is 0 Å². The SMILES string of the molecule is CC(C)(C)SCC(=O)Cc1ccc(Cl)cc1. The van der Waals surface area contributed by atoms with Crippen LogP contribution >= 0.6 is 23.4 Å². The summed E-state index contributed by atoms with van der Waals surface area (Å²) in [6.07, 6.45) is 0.500. The fourth-order valence-corrected chi connectivity index (χ4v) is 2.00. The number of halogens is 1. The van der Waals surface area contributed by atoms with E-state index in [1.165, 1.54) is 0 Å². The van der Waals surface area contributed by atoms with Crippen molar-refractivity contribution in [3.8, 4) is 0 Å². The van der Waals surface area contributed by atoms with Gasteiger partial charge < -0.3 is 0 Å². The molecule has 16 heavy (non-hydrogen) atoms. The third kappa shape index (κ3) is 5.57. The van der Waals surface area contributed by atoms with Gasteiger partial charge in [-0.05, 0) is 17.7 Å². The molecular formula is C13H17ClOS. The van der Waals surface area contributed by atoms with E-state index in [0.717, 1.165) is 5.56 Å². The second kappa shape index (κ2) is 5.74. The van der Waals surface area contributed by atoms with Crippen molar-refractivity contribution in [1.29, 1.82) is 0 Å². The maximum atomic E-state index is 11.7. The fourth-order valence-electron chi connectivity index (χ4n) is 1.18. The van der Waals surface area contributed by atoms with Crippen molar-refractivity contribution in [3.05, 3.63) is 34.9 Å². The Morgan fingerprint density at radius 1 is 1.25 bits per heavy atom. The zero-order valence-electron chi connectivity index (χ0n) is 9.92. The summed E-state index contributed by atoms with van der Waals surface area (Å²) in [6.45, 7) is 6.35. The average molecular weight is 257 g/mol. The number of carbonyl (C=O) groups is 1. The Hall–Kier alpha value is -0.470. The maximum Gasteiger partial charge on any atom is 0.147 e. The second-order valence-electron chi connectivity index (χ2n) is 4.74. The van der Waals surface area contributed by atoms with E-state index in [0.29, 0.717) is 17.2 Å². The minimum atomic E-state index is 0.148. The molecule has 1 aromatic rings. The molecule has 0 aliphatic rings. The first-order chi connectivity index (χ1) is 7.37. The molecular weight excluding hydrogens is 240 g/mol. The number of carbonyl (C=O) groups excluding carboxylic acids is 1. The quantitative estimate of drug-likeness (QED) is 0.811. The van der Waals surface area contributed by atoms with E-state index < -0.39 is 0 Å². The van der Waals surface area contributed by atoms with Gasteiger partial charge in [-0.2, -0.15) is 0 Å². The molecule has 0 aliphatic heterocycles. The van der Waals surface area contributed by atoms with Crippen LogP contribution in [-0.4, -0.2) is 16.3 Å². The lowest BCUT2D eigenvalue weighted by molar-refractivity contribution is -0.116. The van der Waals surface area contributed by atoms with Crippen molar-refractivity contribution in [2.75, 3.05) is 5.75 Å². The predicted molar refractivity (Wildman–Crippen MR) is 72.4 cm³/mol. The normalized spacial score (nSPS) is 11.5. The third-order valence-corrected chi connectivity index (χ3v) is 3.57. The molecule has 0 N–H and O–H groups in total. The number of rotatable bonds is 4. The molecule has 0 amide bonds. The number of Topliss-reactive ketones (excluding diaryl/α,β-unsaturated/α-hetero) is 1. The summed E-state index contributed by atoms with van der Waals surface area (Å²) in [5.74, 6) is 0.841. The van der Waals surface area contributed by atoms with Gasteiger partial charge in [-0.1, -0.05) is 44.5 Å². The first-order valence-corrected chi connectivity index (χ1v) is 6.63. The molecule has 0 radical (unpaired) electrons. The highest BCUT2D eigenvalue weighted by molar-refractivity contribution is 8.01. The molecule has 0 fully saturated rings. The van der Waals surface area contributed by atoms with Crippen LogP contribution in [0.1, 0.15) is 26.3 Å². The van der Waals surface area contributed by atoms with Crippen LogP contribution in [0.4, 0.5) is 0 Å². The van der Waals surface area contributed by atoms with Crippen molar-refractivity contribution >= 4 is 29.1 Å². The zero-order valence-corrected chi connectivity index (χ0v) is 11.5. The second-order valence-corrected chi connectivity index (χ2v) is 6.98. The molecule has 88 valence electrons. The van der Waals surface area contributed by atoms with Crippen LogP contribution in [0.15, 0.2) is 24.3 Å². The molecule has 1 aromatic carbocycles. The maximum absolute atomic E-state index is 11.7. The topological polar surface area (TPSA) is 17.1 Å². The van der Waals surface area contributed by atoms with E-state index in [1.807, 2.05) is 24.3 Å². The van der Waals surface area contributed by atoms with Gasteiger partial charge in [0.2, 0.25) is 0 Å². The van der Waals surface area contributed by atoms with E-state index in [2.05, 4.69) is 20.8 Å². The van der Waals surface area contributed by atoms with Gasteiger partial charge in [0.05, 0.1) is 5.75 Å². The standard InChI is InChI=1S/C13H17ClOS/c1-13(2,3)16-9-12(15)8-10-4-6-11(14)7-5-10/h4-7H,8-9H2,1-3H3. The Balaban J connectivity index is 2.43. The van der Waals surface area contributed by atoms with E-state index in [-0.39, 0.29) is 10.5 Å². The summed E-state index contributed by atoms with van der Waals surface area (Å²) in [7, 11) is 0. The van der Waals surface area contributed by atoms with Crippen LogP contribution in [0.25, 0.3) is 0 Å². The molecule has 0 aromatic heterocycles. The van der Waals surface area contributed by atoms with Gasteiger partial charge >= 0.3 is 0 Å². The summed E-state index contributed by atoms with van der Waals surface area (Å²) in [4.78, 5) is 11.7. The first kappa shape index (κ1) is 13.6. The van der Waals surface area contributed by atoms with E-state index in [1.54, 1.807) is 11.8 Å². The summed E-state index contributed by atoms with van der Waals surface area (Å²) in [5.41, 5.74) is 1.03. The Bertz CT molecular complexity index is 351. The van der Waals surface area contributed by atoms with Crippen molar-refractivity contribution in [2.45, 2.75) is 31.9 Å². The molecule has 0 heterocycles. The number of ketones is 1. The van der Waals surface area contributed by atoms with Crippen molar-refractivity contribution in [3.63, 3.8) is 0 Å². The lowest BCUT2D eigenvalue weighted by atomic mass is 10.1. The third-order valence-electron chi connectivity index (χ3n) is 1.98. The van der Waals surface area contributed by atoms with Gasteiger partial charge in [-0.25, -0.2) is 0 Å². The predicted octanol–water partition coefficient (Wildman–Crippen LogP) is 3.98. The van der Waals surface area contributed by atoms with E-state index >= 15 is 0 Å². The molecule has 0 unspecified atom stereocenters. The Morgan fingerprint density at radius 3 is 2.31 bits per heavy atom. The van der Waals surface area contributed by atoms with E-state index in [4.69, 9.17) is 11.6 Å². The Kier molecular flexibility index (Phi) is 4.88. The van der Waals surface area contributed by atoms with Gasteiger partial charge in [-0.15, -0.1) is 11.8 Å². The molecule has 0 saturated heterocycles. The zero-order chi connectivity index (χ0) is 12.2. The van der Waals surface area contributed by atoms with Crippen LogP contribution in [0.3, 0.4) is 0 Å². The van der Waals surface area contributed by atoms with Gasteiger partial charge in [-0.3, -0.25) is 4.79 Å². The smallest absolute Gasteiger partial charge is 0.147 e. The number of hydrogen-bond acceptors (Lipinski definition) is 2. The molecule has 1 nitrogen and oxygen atoms in total. The summed E-state index contributed by atoms with van der Waals surface area (Å²) < 4.78 is 0.148. The highest BCUT2D eigenvalue weighted by Crippen LogP contribution is 2.23. The van der Waals surface area contributed by atoms with Crippen LogP contribution in [0.5, 0.6) is 0 Å². The summed E-state index contributed by atoms with van der Waals surface area (Å²) in [5, 5.41) is 0.709. The number of hydrogen-bond donors (Lipinski definition) is 0. The molecule has 0 bridgehead atoms. The fraction of sp³-hybridized carbons (Fsp3) is 0.462. The van der Waals surface area contributed by atoms with Gasteiger partial charge in [0.1, 0.15) is 5.78 Å². The lowest BCUT2D eigenvalue weighted by Crippen LogP contribution is -2.14. The van der Waals surface area contributed by atoms with Crippen molar-refractivity contribution < 1.29 is 4.79 Å². The van der Waals surface area contributed by atoms with Crippen LogP contribution < -0.4 is 0 Å². The average Bonchev–Trinajstić information content (AvgIpc) is 2.18. The number of thioether (sulfide) groups is 1. The molecule has 0 aliphatic carbocycles. The molecule has 3 heteroatoms. The molecule has 0 atom stereocenters. The van der Waals surface area contributed by atoms with Gasteiger partial charge in [0.15, 0.2) is 0 Å². The summed E-state index contributed by atoms with van der Waals surface area (Å²) in [6, 6.07) is 7.45. The largest absolute Gasteiger partial charge is 0.298 e. The molecule has 0 spiro atoms. The van der Waals surface area contributed by atoms with Crippen molar-refractivity contribution in [2.24, 2.45) is 0 Å². The van der Waals surface area contributed by atoms with Crippen LogP contribution in [0.2, 0.25) is 5.02 Å². The van der Waals surface area contributed by atoms with Crippen LogP contribution in [0, 0.1) is 0 Å². The summed E-state index contributed by atoms with van der Waals surface area (Å²) >= 11 is 7.47. The first-order valence-electron chi connectivity index (χ1n) is 5.27. The Labute approximate surface area is 107 Å². The van der Waals surface area contributed by atoms with Gasteiger partial charge in [0.25, 0.3) is 0 Å². The van der Waals surface area contributed by atoms with Crippen LogP contribution in [-0.2, 0) is 11.2 Å². The van der Waals surface area contributed by atoms with E-state index in [9.17, 15) is 4.79 Å². The highest BCUT2D eigenvalue weighted by Gasteiger charge is 2.13. The highest BCUT2D eigenvalue weighted by atomic mass is 35.5. The number of benzene rings is 1. The minimum absolute atomic E-state index is 0.148. The van der Waals surface area contributed by atoms with Gasteiger partial charge in [0, 0.05) is 16.2 Å². The monoisotopic (exact) mass is 256 g/mol. The lowest BCUT2D eigenvalue weighted by Gasteiger charge is -2.16. The molecule has 0 saturated carbocycles. The molecule has 1 rings (SSSR count). The minimum Gasteiger partial charge on any atom is -0.298 e. The Morgan fingerprint density at radius 2 is 1.81 bits per heavy atom.